The Morgan fingerprint density at radius 1 is 1.26 bits per heavy atom. The van der Waals surface area contributed by atoms with Crippen LogP contribution < -0.4 is 27.2 Å². The molecule has 0 spiro atoms. The van der Waals surface area contributed by atoms with Crippen LogP contribution in [-0.4, -0.2) is 33.7 Å². The first kappa shape index (κ1) is 24.1. The van der Waals surface area contributed by atoms with Gasteiger partial charge in [-0.3, -0.25) is 24.5 Å². The normalized spacial score (nSPS) is 13.3. The second-order valence-electron chi connectivity index (χ2n) is 8.73. The number of aryl methyl sites for hydroxylation is 1. The fraction of sp³-hybridized carbons (Fsp3) is 0.360. The summed E-state index contributed by atoms with van der Waals surface area (Å²) in [5, 5.41) is 6.43. The van der Waals surface area contributed by atoms with E-state index >= 15 is 0 Å². The number of carbonyl (C=O) groups is 1. The average molecular weight is 479 g/mol. The Bertz CT molecular complexity index is 1320. The minimum atomic E-state index is -0.627. The standard InChI is InChI=1S/C25H30N6O4/c1-17-14-21(35-29-17)27-20(32)16-30(13-12-18-8-4-2-5-9-18)22-23(26)31(25(34)28-24(22)33)15-19-10-6-3-7-11-19/h3,6-8,10-11,14H,2,4-5,9,12-13,15-16,26H2,1H3,(H,27,32)(H,28,33,34). The SMILES string of the molecule is Cc1cc(NC(=O)CN(CCC2=CCCCC2)c2c(N)n(Cc3ccccc3)c(=O)[nH]c2=O)on1. The summed E-state index contributed by atoms with van der Waals surface area (Å²) >= 11 is 0. The highest BCUT2D eigenvalue weighted by Crippen LogP contribution is 2.23. The zero-order valence-electron chi connectivity index (χ0n) is 19.8. The van der Waals surface area contributed by atoms with Gasteiger partial charge in [-0.25, -0.2) is 4.79 Å². The van der Waals surface area contributed by atoms with E-state index in [0.29, 0.717) is 18.7 Å². The van der Waals surface area contributed by atoms with Crippen LogP contribution in [0.3, 0.4) is 0 Å². The summed E-state index contributed by atoms with van der Waals surface area (Å²) in [5.74, 6) is -0.153. The van der Waals surface area contributed by atoms with Crippen LogP contribution in [-0.2, 0) is 11.3 Å². The number of benzene rings is 1. The van der Waals surface area contributed by atoms with Crippen molar-refractivity contribution in [2.24, 2.45) is 0 Å². The Hall–Kier alpha value is -4.08. The zero-order chi connectivity index (χ0) is 24.8. The van der Waals surface area contributed by atoms with E-state index in [-0.39, 0.29) is 30.5 Å². The molecule has 10 nitrogen and oxygen atoms in total. The average Bonchev–Trinajstić information content (AvgIpc) is 3.25. The number of nitrogens with two attached hydrogens (primary N) is 1. The molecule has 184 valence electrons. The number of nitrogen functional groups attached to an aromatic ring is 1. The fourth-order valence-corrected chi connectivity index (χ4v) is 4.26. The highest BCUT2D eigenvalue weighted by Gasteiger charge is 2.22. The summed E-state index contributed by atoms with van der Waals surface area (Å²) < 4.78 is 6.39. The quantitative estimate of drug-likeness (QED) is 0.402. The number of nitrogens with zero attached hydrogens (tertiary/aromatic N) is 3. The van der Waals surface area contributed by atoms with Crippen LogP contribution in [0.2, 0.25) is 0 Å². The van der Waals surface area contributed by atoms with Gasteiger partial charge in [0.15, 0.2) is 0 Å². The Labute approximate surface area is 202 Å². The molecular formula is C25H30N6O4. The lowest BCUT2D eigenvalue weighted by Gasteiger charge is -2.26. The van der Waals surface area contributed by atoms with Gasteiger partial charge < -0.3 is 15.2 Å². The summed E-state index contributed by atoms with van der Waals surface area (Å²) in [6.45, 7) is 2.19. The van der Waals surface area contributed by atoms with Gasteiger partial charge >= 0.3 is 5.69 Å². The van der Waals surface area contributed by atoms with E-state index in [1.54, 1.807) is 17.9 Å². The van der Waals surface area contributed by atoms with Gasteiger partial charge in [0.2, 0.25) is 11.8 Å². The molecule has 0 radical (unpaired) electrons. The van der Waals surface area contributed by atoms with Gasteiger partial charge in [-0.1, -0.05) is 47.1 Å². The van der Waals surface area contributed by atoms with Crippen molar-refractivity contribution >= 4 is 23.3 Å². The largest absolute Gasteiger partial charge is 0.383 e. The number of amides is 1. The smallest absolute Gasteiger partial charge is 0.330 e. The molecule has 0 saturated heterocycles. The number of hydrogen-bond acceptors (Lipinski definition) is 7. The number of aromatic amines is 1. The second kappa shape index (κ2) is 10.9. The fourth-order valence-electron chi connectivity index (χ4n) is 4.26. The number of anilines is 3. The lowest BCUT2D eigenvalue weighted by atomic mass is 9.97. The summed E-state index contributed by atoms with van der Waals surface area (Å²) in [6.07, 6.45) is 7.24. The van der Waals surface area contributed by atoms with E-state index in [2.05, 4.69) is 21.5 Å². The van der Waals surface area contributed by atoms with E-state index in [1.165, 1.54) is 16.6 Å². The highest BCUT2D eigenvalue weighted by atomic mass is 16.5. The van der Waals surface area contributed by atoms with Gasteiger partial charge in [0, 0.05) is 12.6 Å². The Morgan fingerprint density at radius 2 is 2.06 bits per heavy atom. The monoisotopic (exact) mass is 478 g/mol. The minimum absolute atomic E-state index is 0.0172. The van der Waals surface area contributed by atoms with Crippen LogP contribution in [0, 0.1) is 6.92 Å². The van der Waals surface area contributed by atoms with Crippen molar-refractivity contribution in [2.75, 3.05) is 29.0 Å². The maximum Gasteiger partial charge on any atom is 0.330 e. The van der Waals surface area contributed by atoms with Crippen LogP contribution in [0.25, 0.3) is 0 Å². The number of H-pyrrole nitrogens is 1. The molecule has 0 saturated carbocycles. The number of aromatic nitrogens is 3. The molecule has 4 N–H and O–H groups in total. The molecule has 2 aromatic heterocycles. The maximum atomic E-state index is 12.9. The minimum Gasteiger partial charge on any atom is -0.383 e. The van der Waals surface area contributed by atoms with Gasteiger partial charge in [-0.15, -0.1) is 0 Å². The lowest BCUT2D eigenvalue weighted by molar-refractivity contribution is -0.115. The topological polar surface area (TPSA) is 139 Å². The van der Waals surface area contributed by atoms with Crippen molar-refractivity contribution < 1.29 is 9.32 Å². The molecule has 3 aromatic rings. The van der Waals surface area contributed by atoms with Crippen LogP contribution in [0.5, 0.6) is 0 Å². The summed E-state index contributed by atoms with van der Waals surface area (Å²) in [4.78, 5) is 42.4. The molecule has 0 atom stereocenters. The molecule has 2 heterocycles. The van der Waals surface area contributed by atoms with Crippen molar-refractivity contribution in [3.05, 3.63) is 80.1 Å². The molecular weight excluding hydrogens is 448 g/mol. The van der Waals surface area contributed by atoms with Gasteiger partial charge in [-0.05, 0) is 44.6 Å². The number of allylic oxidation sites excluding steroid dienone is 1. The molecule has 0 unspecified atom stereocenters. The Kier molecular flexibility index (Phi) is 7.49. The summed E-state index contributed by atoms with van der Waals surface area (Å²) in [6, 6.07) is 11.0. The molecule has 0 bridgehead atoms. The first-order chi connectivity index (χ1) is 16.9. The number of rotatable bonds is 9. The first-order valence-corrected chi connectivity index (χ1v) is 11.7. The van der Waals surface area contributed by atoms with Crippen molar-refractivity contribution in [3.63, 3.8) is 0 Å². The van der Waals surface area contributed by atoms with Crippen molar-refractivity contribution in [1.82, 2.24) is 14.7 Å². The van der Waals surface area contributed by atoms with Crippen LogP contribution in [0.1, 0.15) is 43.4 Å². The van der Waals surface area contributed by atoms with Crippen molar-refractivity contribution in [2.45, 2.75) is 45.6 Å². The summed E-state index contributed by atoms with van der Waals surface area (Å²) in [5.41, 5.74) is 8.06. The predicted octanol–water partition coefficient (Wildman–Crippen LogP) is 2.80. The molecule has 1 aliphatic carbocycles. The van der Waals surface area contributed by atoms with Crippen molar-refractivity contribution in [3.8, 4) is 0 Å². The third-order valence-electron chi connectivity index (χ3n) is 6.03. The summed E-state index contributed by atoms with van der Waals surface area (Å²) in [7, 11) is 0. The molecule has 1 amide bonds. The molecule has 0 aliphatic heterocycles. The Morgan fingerprint density at radius 3 is 2.74 bits per heavy atom. The molecule has 10 heteroatoms. The van der Waals surface area contributed by atoms with Gasteiger partial charge in [0.25, 0.3) is 5.56 Å². The maximum absolute atomic E-state index is 12.9. The van der Waals surface area contributed by atoms with E-state index < -0.39 is 17.2 Å². The van der Waals surface area contributed by atoms with E-state index in [4.69, 9.17) is 10.3 Å². The molecule has 1 aliphatic rings. The number of nitrogens with one attached hydrogen (secondary N) is 2. The van der Waals surface area contributed by atoms with E-state index in [1.807, 2.05) is 30.3 Å². The number of carbonyl (C=O) groups excluding carboxylic acids is 1. The second-order valence-corrected chi connectivity index (χ2v) is 8.73. The van der Waals surface area contributed by atoms with Crippen molar-refractivity contribution in [1.29, 1.82) is 0 Å². The lowest BCUT2D eigenvalue weighted by Crippen LogP contribution is -2.42. The van der Waals surface area contributed by atoms with Gasteiger partial charge in [0.1, 0.15) is 11.5 Å². The Balaban J connectivity index is 1.64. The molecule has 1 aromatic carbocycles. The molecule has 35 heavy (non-hydrogen) atoms. The van der Waals surface area contributed by atoms with Gasteiger partial charge in [-0.2, -0.15) is 0 Å². The van der Waals surface area contributed by atoms with Gasteiger partial charge in [0.05, 0.1) is 18.8 Å². The predicted molar refractivity (Wildman–Crippen MR) is 135 cm³/mol. The van der Waals surface area contributed by atoms with E-state index in [9.17, 15) is 14.4 Å². The van der Waals surface area contributed by atoms with Crippen LogP contribution in [0.15, 0.2) is 62.2 Å². The zero-order valence-corrected chi connectivity index (χ0v) is 19.8. The molecule has 0 fully saturated rings. The van der Waals surface area contributed by atoms with Crippen LogP contribution in [0.4, 0.5) is 17.4 Å². The van der Waals surface area contributed by atoms with E-state index in [0.717, 1.165) is 24.8 Å². The number of hydrogen-bond donors (Lipinski definition) is 3. The highest BCUT2D eigenvalue weighted by molar-refractivity contribution is 5.93. The molecule has 4 rings (SSSR count). The van der Waals surface area contributed by atoms with Crippen LogP contribution >= 0.6 is 0 Å². The third kappa shape index (κ3) is 6.08. The first-order valence-electron chi connectivity index (χ1n) is 11.7. The third-order valence-corrected chi connectivity index (χ3v) is 6.03.